The molecule has 1 saturated carbocycles. The SMILES string of the molecule is O=C(O)CC1(CC(=O)Nc2cc(N3CCCC3=O)ccc2F)CCCCC1. The minimum absolute atomic E-state index is 0.0125. The molecule has 7 heteroatoms. The van der Waals surface area contributed by atoms with Gasteiger partial charge < -0.3 is 15.3 Å². The van der Waals surface area contributed by atoms with Crippen LogP contribution >= 0.6 is 0 Å². The molecule has 6 nitrogen and oxygen atoms in total. The lowest BCUT2D eigenvalue weighted by Crippen LogP contribution is -2.32. The number of carboxylic acid groups (broad SMARTS) is 1. The number of amides is 2. The van der Waals surface area contributed by atoms with Gasteiger partial charge in [-0.1, -0.05) is 19.3 Å². The van der Waals surface area contributed by atoms with E-state index in [-0.39, 0.29) is 30.3 Å². The number of hydrogen-bond acceptors (Lipinski definition) is 3. The molecule has 1 aromatic rings. The van der Waals surface area contributed by atoms with Gasteiger partial charge in [-0.25, -0.2) is 4.39 Å². The molecular weight excluding hydrogens is 351 g/mol. The number of nitrogens with one attached hydrogen (secondary N) is 1. The zero-order valence-electron chi connectivity index (χ0n) is 15.3. The first kappa shape index (κ1) is 19.3. The lowest BCUT2D eigenvalue weighted by Gasteiger charge is -2.35. The van der Waals surface area contributed by atoms with Crippen molar-refractivity contribution in [3.05, 3.63) is 24.0 Å². The van der Waals surface area contributed by atoms with Crippen LogP contribution in [0.1, 0.15) is 57.8 Å². The van der Waals surface area contributed by atoms with Crippen molar-refractivity contribution >= 4 is 29.2 Å². The predicted molar refractivity (Wildman–Crippen MR) is 99.0 cm³/mol. The molecule has 0 atom stereocenters. The molecule has 2 N–H and O–H groups in total. The van der Waals surface area contributed by atoms with Gasteiger partial charge in [0.25, 0.3) is 0 Å². The normalized spacial score (nSPS) is 19.1. The minimum atomic E-state index is -0.912. The molecule has 3 rings (SSSR count). The Kier molecular flexibility index (Phi) is 5.77. The van der Waals surface area contributed by atoms with E-state index in [0.29, 0.717) is 31.5 Å². The third-order valence-corrected chi connectivity index (χ3v) is 5.59. The number of carboxylic acids is 1. The van der Waals surface area contributed by atoms with Crippen molar-refractivity contribution in [3.8, 4) is 0 Å². The van der Waals surface area contributed by atoms with Gasteiger partial charge in [0.15, 0.2) is 0 Å². The Labute approximate surface area is 157 Å². The molecular formula is C20H25FN2O4. The summed E-state index contributed by atoms with van der Waals surface area (Å²) in [5, 5.41) is 11.8. The van der Waals surface area contributed by atoms with Crippen LogP contribution in [0.4, 0.5) is 15.8 Å². The molecule has 0 unspecified atom stereocenters. The van der Waals surface area contributed by atoms with Crippen LogP contribution in [-0.4, -0.2) is 29.4 Å². The van der Waals surface area contributed by atoms with E-state index in [2.05, 4.69) is 5.32 Å². The first-order valence-corrected chi connectivity index (χ1v) is 9.50. The van der Waals surface area contributed by atoms with E-state index >= 15 is 0 Å². The number of aliphatic carboxylic acids is 1. The number of carbonyl (C=O) groups excluding carboxylic acids is 2. The fourth-order valence-electron chi connectivity index (χ4n) is 4.27. The van der Waals surface area contributed by atoms with Crippen LogP contribution in [0.15, 0.2) is 18.2 Å². The Morgan fingerprint density at radius 2 is 1.89 bits per heavy atom. The third-order valence-electron chi connectivity index (χ3n) is 5.59. The molecule has 2 fully saturated rings. The zero-order chi connectivity index (χ0) is 19.4. The second-order valence-corrected chi connectivity index (χ2v) is 7.67. The minimum Gasteiger partial charge on any atom is -0.481 e. The summed E-state index contributed by atoms with van der Waals surface area (Å²) >= 11 is 0. The lowest BCUT2D eigenvalue weighted by molar-refractivity contribution is -0.141. The maximum Gasteiger partial charge on any atom is 0.303 e. The first-order valence-electron chi connectivity index (χ1n) is 9.50. The highest BCUT2D eigenvalue weighted by atomic mass is 19.1. The molecule has 0 bridgehead atoms. The van der Waals surface area contributed by atoms with Gasteiger partial charge in [0.2, 0.25) is 11.8 Å². The zero-order valence-corrected chi connectivity index (χ0v) is 15.3. The van der Waals surface area contributed by atoms with Crippen LogP contribution < -0.4 is 10.2 Å². The van der Waals surface area contributed by atoms with Crippen molar-refractivity contribution in [2.24, 2.45) is 5.41 Å². The Balaban J connectivity index is 1.72. The smallest absolute Gasteiger partial charge is 0.303 e. The molecule has 0 spiro atoms. The van der Waals surface area contributed by atoms with Crippen molar-refractivity contribution in [2.75, 3.05) is 16.8 Å². The molecule has 1 aliphatic heterocycles. The van der Waals surface area contributed by atoms with Gasteiger partial charge in [0, 0.05) is 25.1 Å². The van der Waals surface area contributed by atoms with Crippen LogP contribution in [0.3, 0.4) is 0 Å². The molecule has 1 saturated heterocycles. The van der Waals surface area contributed by atoms with Gasteiger partial charge in [-0.3, -0.25) is 14.4 Å². The van der Waals surface area contributed by atoms with E-state index in [4.69, 9.17) is 0 Å². The van der Waals surface area contributed by atoms with E-state index in [0.717, 1.165) is 25.7 Å². The van der Waals surface area contributed by atoms with Crippen molar-refractivity contribution in [1.29, 1.82) is 0 Å². The maximum absolute atomic E-state index is 14.2. The summed E-state index contributed by atoms with van der Waals surface area (Å²) in [6.07, 6.45) is 5.48. The molecule has 2 amide bonds. The number of hydrogen-bond donors (Lipinski definition) is 2. The van der Waals surface area contributed by atoms with E-state index in [1.54, 1.807) is 4.90 Å². The Hall–Kier alpha value is -2.44. The van der Waals surface area contributed by atoms with Crippen LogP contribution in [-0.2, 0) is 14.4 Å². The van der Waals surface area contributed by atoms with Gasteiger partial charge in [-0.05, 0) is 42.9 Å². The van der Waals surface area contributed by atoms with Crippen LogP contribution in [0, 0.1) is 11.2 Å². The van der Waals surface area contributed by atoms with Gasteiger partial charge in [-0.2, -0.15) is 0 Å². The fourth-order valence-corrected chi connectivity index (χ4v) is 4.27. The number of anilines is 2. The highest BCUT2D eigenvalue weighted by Gasteiger charge is 2.36. The Bertz CT molecular complexity index is 743. The molecule has 1 heterocycles. The van der Waals surface area contributed by atoms with Crippen molar-refractivity contribution in [1.82, 2.24) is 0 Å². The lowest BCUT2D eigenvalue weighted by atomic mass is 9.69. The van der Waals surface area contributed by atoms with Crippen LogP contribution in [0.5, 0.6) is 0 Å². The number of carbonyl (C=O) groups is 3. The average Bonchev–Trinajstić information content (AvgIpc) is 3.03. The molecule has 27 heavy (non-hydrogen) atoms. The molecule has 1 aromatic carbocycles. The summed E-state index contributed by atoms with van der Waals surface area (Å²) in [5.41, 5.74) is 0.0262. The summed E-state index contributed by atoms with van der Waals surface area (Å²) < 4.78 is 14.2. The predicted octanol–water partition coefficient (Wildman–Crippen LogP) is 3.71. The van der Waals surface area contributed by atoms with E-state index < -0.39 is 17.2 Å². The second kappa shape index (κ2) is 8.06. The number of halogens is 1. The fraction of sp³-hybridized carbons (Fsp3) is 0.550. The molecule has 146 valence electrons. The average molecular weight is 376 g/mol. The molecule has 0 radical (unpaired) electrons. The van der Waals surface area contributed by atoms with Gasteiger partial charge in [0.1, 0.15) is 5.82 Å². The first-order chi connectivity index (χ1) is 12.9. The van der Waals surface area contributed by atoms with Crippen molar-refractivity contribution in [2.45, 2.75) is 57.8 Å². The number of benzene rings is 1. The highest BCUT2D eigenvalue weighted by Crippen LogP contribution is 2.42. The van der Waals surface area contributed by atoms with Crippen LogP contribution in [0.2, 0.25) is 0 Å². The monoisotopic (exact) mass is 376 g/mol. The van der Waals surface area contributed by atoms with E-state index in [1.165, 1.54) is 18.2 Å². The summed E-state index contributed by atoms with van der Waals surface area (Å²) in [4.78, 5) is 37.3. The van der Waals surface area contributed by atoms with Crippen LogP contribution in [0.25, 0.3) is 0 Å². The quantitative estimate of drug-likeness (QED) is 0.792. The third kappa shape index (κ3) is 4.64. The largest absolute Gasteiger partial charge is 0.481 e. The van der Waals surface area contributed by atoms with Crippen molar-refractivity contribution < 1.29 is 23.9 Å². The summed E-state index contributed by atoms with van der Waals surface area (Å²) in [6, 6.07) is 4.24. The number of nitrogens with zero attached hydrogens (tertiary/aromatic N) is 1. The van der Waals surface area contributed by atoms with Gasteiger partial charge in [0.05, 0.1) is 12.1 Å². The second-order valence-electron chi connectivity index (χ2n) is 7.67. The Morgan fingerprint density at radius 3 is 2.52 bits per heavy atom. The van der Waals surface area contributed by atoms with Crippen molar-refractivity contribution in [3.63, 3.8) is 0 Å². The van der Waals surface area contributed by atoms with E-state index in [1.807, 2.05) is 0 Å². The summed E-state index contributed by atoms with van der Waals surface area (Å²) in [7, 11) is 0. The standard InChI is InChI=1S/C20H25FN2O4/c21-15-7-6-14(23-10-4-5-18(23)25)11-16(15)22-17(24)12-20(13-19(26)27)8-2-1-3-9-20/h6-7,11H,1-5,8-10,12-13H2,(H,22,24)(H,26,27). The summed E-state index contributed by atoms with van der Waals surface area (Å²) in [5.74, 6) is -1.89. The highest BCUT2D eigenvalue weighted by molar-refractivity contribution is 5.97. The number of rotatable bonds is 6. The Morgan fingerprint density at radius 1 is 1.15 bits per heavy atom. The van der Waals surface area contributed by atoms with Gasteiger partial charge >= 0.3 is 5.97 Å². The maximum atomic E-state index is 14.2. The molecule has 2 aliphatic rings. The summed E-state index contributed by atoms with van der Waals surface area (Å²) in [6.45, 7) is 0.583. The topological polar surface area (TPSA) is 86.7 Å². The molecule has 0 aromatic heterocycles. The van der Waals surface area contributed by atoms with Gasteiger partial charge in [-0.15, -0.1) is 0 Å². The molecule has 1 aliphatic carbocycles. The van der Waals surface area contributed by atoms with E-state index in [9.17, 15) is 23.9 Å².